The predicted octanol–water partition coefficient (Wildman–Crippen LogP) is 3.08. The largest absolute Gasteiger partial charge is 0.468 e. The monoisotopic (exact) mass is 260 g/mol. The summed E-state index contributed by atoms with van der Waals surface area (Å²) in [5.74, 6) is 0.906. The van der Waals surface area contributed by atoms with Crippen molar-refractivity contribution < 1.29 is 9.34 Å². The van der Waals surface area contributed by atoms with E-state index in [1.807, 2.05) is 19.1 Å². The maximum Gasteiger partial charge on any atom is 0.269 e. The summed E-state index contributed by atoms with van der Waals surface area (Å²) >= 11 is 0. The smallest absolute Gasteiger partial charge is 0.269 e. The van der Waals surface area contributed by atoms with E-state index in [-0.39, 0.29) is 16.7 Å². The molecule has 1 aromatic carbocycles. The van der Waals surface area contributed by atoms with E-state index in [4.69, 9.17) is 4.42 Å². The SMILES string of the molecule is C[C@H](NCCc1ccc([N+](=O)[O-])cc1)c1ccco1. The van der Waals surface area contributed by atoms with Crippen LogP contribution in [0, 0.1) is 10.1 Å². The molecule has 5 nitrogen and oxygen atoms in total. The molecule has 1 aromatic heterocycles. The third-order valence-corrected chi connectivity index (χ3v) is 2.98. The number of nitro groups is 1. The molecule has 0 bridgehead atoms. The van der Waals surface area contributed by atoms with Crippen molar-refractivity contribution in [1.82, 2.24) is 5.32 Å². The average Bonchev–Trinajstić information content (AvgIpc) is 2.93. The first-order valence-corrected chi connectivity index (χ1v) is 6.17. The number of hydrogen-bond acceptors (Lipinski definition) is 4. The van der Waals surface area contributed by atoms with Crippen molar-refractivity contribution in [3.63, 3.8) is 0 Å². The van der Waals surface area contributed by atoms with Crippen LogP contribution >= 0.6 is 0 Å². The third-order valence-electron chi connectivity index (χ3n) is 2.98. The van der Waals surface area contributed by atoms with Gasteiger partial charge >= 0.3 is 0 Å². The van der Waals surface area contributed by atoms with Crippen LogP contribution in [0.3, 0.4) is 0 Å². The molecule has 0 saturated carbocycles. The zero-order chi connectivity index (χ0) is 13.7. The lowest BCUT2D eigenvalue weighted by Crippen LogP contribution is -2.20. The topological polar surface area (TPSA) is 68.3 Å². The normalized spacial score (nSPS) is 12.3. The van der Waals surface area contributed by atoms with Crippen LogP contribution in [0.4, 0.5) is 5.69 Å². The van der Waals surface area contributed by atoms with E-state index >= 15 is 0 Å². The molecule has 1 N–H and O–H groups in total. The lowest BCUT2D eigenvalue weighted by molar-refractivity contribution is -0.384. The highest BCUT2D eigenvalue weighted by Crippen LogP contribution is 2.14. The molecule has 0 aliphatic heterocycles. The van der Waals surface area contributed by atoms with Gasteiger partial charge in [-0.2, -0.15) is 0 Å². The maximum atomic E-state index is 10.5. The van der Waals surface area contributed by atoms with Gasteiger partial charge in [-0.3, -0.25) is 10.1 Å². The molecule has 0 saturated heterocycles. The van der Waals surface area contributed by atoms with Crippen LogP contribution in [0.2, 0.25) is 0 Å². The molecule has 0 fully saturated rings. The highest BCUT2D eigenvalue weighted by molar-refractivity contribution is 5.32. The van der Waals surface area contributed by atoms with E-state index in [1.165, 1.54) is 12.1 Å². The summed E-state index contributed by atoms with van der Waals surface area (Å²) in [7, 11) is 0. The number of hydrogen-bond donors (Lipinski definition) is 1. The molecule has 0 amide bonds. The van der Waals surface area contributed by atoms with Crippen LogP contribution < -0.4 is 5.32 Å². The van der Waals surface area contributed by atoms with Crippen molar-refractivity contribution in [3.8, 4) is 0 Å². The predicted molar refractivity (Wildman–Crippen MR) is 71.9 cm³/mol. The summed E-state index contributed by atoms with van der Waals surface area (Å²) in [4.78, 5) is 10.1. The van der Waals surface area contributed by atoms with Gasteiger partial charge in [0.25, 0.3) is 5.69 Å². The van der Waals surface area contributed by atoms with Gasteiger partial charge in [0.1, 0.15) is 5.76 Å². The Morgan fingerprint density at radius 3 is 2.63 bits per heavy atom. The first-order chi connectivity index (χ1) is 9.16. The van der Waals surface area contributed by atoms with E-state index < -0.39 is 0 Å². The van der Waals surface area contributed by atoms with Gasteiger partial charge in [0.15, 0.2) is 0 Å². The van der Waals surface area contributed by atoms with Crippen molar-refractivity contribution in [2.45, 2.75) is 19.4 Å². The Labute approximate surface area is 111 Å². The number of furan rings is 1. The van der Waals surface area contributed by atoms with Gasteiger partial charge in [-0.15, -0.1) is 0 Å². The Morgan fingerprint density at radius 2 is 2.05 bits per heavy atom. The first-order valence-electron chi connectivity index (χ1n) is 6.17. The van der Waals surface area contributed by atoms with Gasteiger partial charge < -0.3 is 9.73 Å². The summed E-state index contributed by atoms with van der Waals surface area (Å²) in [5.41, 5.74) is 1.20. The second-order valence-corrected chi connectivity index (χ2v) is 4.36. The molecule has 2 rings (SSSR count). The van der Waals surface area contributed by atoms with E-state index in [1.54, 1.807) is 18.4 Å². The molecule has 2 aromatic rings. The molecule has 1 atom stereocenters. The molecule has 0 unspecified atom stereocenters. The number of nitro benzene ring substituents is 1. The molecule has 0 spiro atoms. The second-order valence-electron chi connectivity index (χ2n) is 4.36. The van der Waals surface area contributed by atoms with Crippen LogP contribution in [0.5, 0.6) is 0 Å². The summed E-state index contributed by atoms with van der Waals surface area (Å²) in [5, 5.41) is 13.9. The Bertz CT molecular complexity index is 520. The van der Waals surface area contributed by atoms with Crippen molar-refractivity contribution in [2.75, 3.05) is 6.54 Å². The molecular formula is C14H16N2O3. The van der Waals surface area contributed by atoms with E-state index in [2.05, 4.69) is 5.32 Å². The summed E-state index contributed by atoms with van der Waals surface area (Å²) in [6.45, 7) is 2.83. The Balaban J connectivity index is 1.81. The Hall–Kier alpha value is -2.14. The minimum Gasteiger partial charge on any atom is -0.468 e. The zero-order valence-corrected chi connectivity index (χ0v) is 10.7. The molecule has 1 heterocycles. The maximum absolute atomic E-state index is 10.5. The van der Waals surface area contributed by atoms with Crippen LogP contribution in [0.1, 0.15) is 24.3 Å². The summed E-state index contributed by atoms with van der Waals surface area (Å²) < 4.78 is 5.30. The van der Waals surface area contributed by atoms with Gasteiger partial charge in [-0.25, -0.2) is 0 Å². The Kier molecular flexibility index (Phi) is 4.30. The Morgan fingerprint density at radius 1 is 1.32 bits per heavy atom. The zero-order valence-electron chi connectivity index (χ0n) is 10.7. The number of benzene rings is 1. The van der Waals surface area contributed by atoms with Crippen molar-refractivity contribution in [3.05, 3.63) is 64.1 Å². The van der Waals surface area contributed by atoms with Gasteiger partial charge in [-0.05, 0) is 37.6 Å². The fourth-order valence-corrected chi connectivity index (χ4v) is 1.86. The summed E-state index contributed by atoms with van der Waals surface area (Å²) in [6.07, 6.45) is 2.48. The molecule has 100 valence electrons. The van der Waals surface area contributed by atoms with E-state index in [0.29, 0.717) is 0 Å². The van der Waals surface area contributed by atoms with Gasteiger partial charge in [0.05, 0.1) is 17.2 Å². The first kappa shape index (κ1) is 13.3. The van der Waals surface area contributed by atoms with Crippen LogP contribution in [0.15, 0.2) is 47.1 Å². The lowest BCUT2D eigenvalue weighted by atomic mass is 10.1. The van der Waals surface area contributed by atoms with Crippen molar-refractivity contribution in [1.29, 1.82) is 0 Å². The van der Waals surface area contributed by atoms with Gasteiger partial charge in [0.2, 0.25) is 0 Å². The van der Waals surface area contributed by atoms with Crippen molar-refractivity contribution >= 4 is 5.69 Å². The third kappa shape index (κ3) is 3.66. The molecule has 5 heteroatoms. The number of non-ortho nitro benzene ring substituents is 1. The van der Waals surface area contributed by atoms with E-state index in [0.717, 1.165) is 24.3 Å². The summed E-state index contributed by atoms with van der Waals surface area (Å²) in [6, 6.07) is 10.6. The number of rotatable bonds is 6. The fourth-order valence-electron chi connectivity index (χ4n) is 1.86. The molecule has 0 aliphatic rings. The highest BCUT2D eigenvalue weighted by atomic mass is 16.6. The number of nitrogens with zero attached hydrogens (tertiary/aromatic N) is 1. The average molecular weight is 260 g/mol. The molecule has 0 aliphatic carbocycles. The highest BCUT2D eigenvalue weighted by Gasteiger charge is 2.07. The second kappa shape index (κ2) is 6.15. The quantitative estimate of drug-likeness (QED) is 0.640. The van der Waals surface area contributed by atoms with E-state index in [9.17, 15) is 10.1 Å². The minimum absolute atomic E-state index is 0.126. The fraction of sp³-hybridized carbons (Fsp3) is 0.286. The van der Waals surface area contributed by atoms with Gasteiger partial charge in [-0.1, -0.05) is 12.1 Å². The lowest BCUT2D eigenvalue weighted by Gasteiger charge is -2.10. The van der Waals surface area contributed by atoms with Crippen LogP contribution in [-0.2, 0) is 6.42 Å². The minimum atomic E-state index is -0.388. The van der Waals surface area contributed by atoms with Crippen molar-refractivity contribution in [2.24, 2.45) is 0 Å². The number of nitrogens with one attached hydrogen (secondary N) is 1. The standard InChI is InChI=1S/C14H16N2O3/c1-11(14-3-2-10-19-14)15-9-8-12-4-6-13(7-5-12)16(17)18/h2-7,10-11,15H,8-9H2,1H3/t11-/m0/s1. The van der Waals surface area contributed by atoms with Gasteiger partial charge in [0, 0.05) is 12.1 Å². The molecule has 19 heavy (non-hydrogen) atoms. The molecular weight excluding hydrogens is 244 g/mol. The molecule has 0 radical (unpaired) electrons. The van der Waals surface area contributed by atoms with Crippen LogP contribution in [-0.4, -0.2) is 11.5 Å². The van der Waals surface area contributed by atoms with Crippen LogP contribution in [0.25, 0.3) is 0 Å².